The zero-order valence-electron chi connectivity index (χ0n) is 11.4. The van der Waals surface area contributed by atoms with Crippen LogP contribution in [0.3, 0.4) is 0 Å². The van der Waals surface area contributed by atoms with E-state index in [2.05, 4.69) is 30.1 Å². The van der Waals surface area contributed by atoms with Gasteiger partial charge in [-0.1, -0.05) is 6.07 Å². The van der Waals surface area contributed by atoms with E-state index in [1.165, 1.54) is 5.56 Å². The monoisotopic (exact) mass is 260 g/mol. The van der Waals surface area contributed by atoms with Crippen molar-refractivity contribution >= 4 is 0 Å². The maximum atomic E-state index is 8.51. The van der Waals surface area contributed by atoms with Gasteiger partial charge in [-0.3, -0.25) is 0 Å². The van der Waals surface area contributed by atoms with Gasteiger partial charge in [0.1, 0.15) is 13.2 Å². The first-order chi connectivity index (χ1) is 9.29. The average Bonchev–Trinajstić information content (AvgIpc) is 2.45. The molecule has 0 bridgehead atoms. The molecule has 0 spiro atoms. The van der Waals surface area contributed by atoms with E-state index in [1.807, 2.05) is 6.07 Å². The molecule has 0 amide bonds. The largest absolute Gasteiger partial charge is 0.486 e. The number of likely N-dealkylation sites (N-methyl/N-ethyl adjacent to an activating group) is 1. The number of hydrogen-bond acceptors (Lipinski definition) is 4. The fraction of sp³-hybridized carbons (Fsp3) is 0.533. The van der Waals surface area contributed by atoms with Gasteiger partial charge in [-0.25, -0.2) is 0 Å². The summed E-state index contributed by atoms with van der Waals surface area (Å²) < 4.78 is 11.1. The molecule has 0 saturated heterocycles. The quantitative estimate of drug-likeness (QED) is 0.736. The highest BCUT2D eigenvalue weighted by atomic mass is 16.6. The zero-order chi connectivity index (χ0) is 13.5. The van der Waals surface area contributed by atoms with Crippen molar-refractivity contribution in [3.8, 4) is 17.6 Å². The van der Waals surface area contributed by atoms with Gasteiger partial charge in [0.2, 0.25) is 0 Å². The molecule has 1 aromatic rings. The van der Waals surface area contributed by atoms with Crippen molar-refractivity contribution in [3.63, 3.8) is 0 Å². The molecule has 2 rings (SSSR count). The van der Waals surface area contributed by atoms with Crippen molar-refractivity contribution in [2.24, 2.45) is 0 Å². The predicted molar refractivity (Wildman–Crippen MR) is 73.5 cm³/mol. The highest BCUT2D eigenvalue weighted by Crippen LogP contribution is 2.30. The Hall–Kier alpha value is -1.73. The lowest BCUT2D eigenvalue weighted by atomic mass is 10.1. The minimum Gasteiger partial charge on any atom is -0.486 e. The number of rotatable bonds is 6. The fourth-order valence-corrected chi connectivity index (χ4v) is 2.10. The molecule has 1 aromatic carbocycles. The summed E-state index contributed by atoms with van der Waals surface area (Å²) in [6.45, 7) is 3.22. The molecule has 4 heteroatoms. The van der Waals surface area contributed by atoms with Crippen molar-refractivity contribution in [1.29, 1.82) is 5.26 Å². The Bertz CT molecular complexity index is 454. The molecule has 19 heavy (non-hydrogen) atoms. The molecule has 1 aliphatic heterocycles. The summed E-state index contributed by atoms with van der Waals surface area (Å²) in [4.78, 5) is 2.26. The molecular formula is C15H20N2O2. The summed E-state index contributed by atoms with van der Waals surface area (Å²) in [6.07, 6.45) is 2.56. The second-order valence-corrected chi connectivity index (χ2v) is 4.79. The van der Waals surface area contributed by atoms with Gasteiger partial charge < -0.3 is 14.4 Å². The summed E-state index contributed by atoms with van der Waals surface area (Å²) in [5.41, 5.74) is 1.26. The maximum Gasteiger partial charge on any atom is 0.161 e. The molecule has 1 heterocycles. The topological polar surface area (TPSA) is 45.5 Å². The van der Waals surface area contributed by atoms with Gasteiger partial charge in [-0.15, -0.1) is 0 Å². The van der Waals surface area contributed by atoms with Crippen LogP contribution in [0.5, 0.6) is 11.5 Å². The summed E-state index contributed by atoms with van der Waals surface area (Å²) in [6, 6.07) is 8.32. The van der Waals surface area contributed by atoms with Crippen molar-refractivity contribution in [2.75, 3.05) is 33.4 Å². The van der Waals surface area contributed by atoms with Crippen LogP contribution in [-0.4, -0.2) is 38.3 Å². The van der Waals surface area contributed by atoms with Gasteiger partial charge in [0.05, 0.1) is 6.07 Å². The standard InChI is InChI=1S/C15H20N2O2/c1-17(8-3-2-7-16)9-6-13-4-5-14-15(12-13)19-11-10-18-14/h4-5,12H,2-3,6,8-11H2,1H3. The van der Waals surface area contributed by atoms with Gasteiger partial charge in [0.15, 0.2) is 11.5 Å². The molecule has 0 N–H and O–H groups in total. The Morgan fingerprint density at radius 2 is 2.00 bits per heavy atom. The van der Waals surface area contributed by atoms with Crippen molar-refractivity contribution < 1.29 is 9.47 Å². The summed E-state index contributed by atoms with van der Waals surface area (Å²) in [5, 5.41) is 8.51. The second-order valence-electron chi connectivity index (χ2n) is 4.79. The Balaban J connectivity index is 1.81. The van der Waals surface area contributed by atoms with Crippen LogP contribution in [0.1, 0.15) is 18.4 Å². The number of fused-ring (bicyclic) bond motifs is 1. The smallest absolute Gasteiger partial charge is 0.161 e. The summed E-state index contributed by atoms with van der Waals surface area (Å²) >= 11 is 0. The van der Waals surface area contributed by atoms with Gasteiger partial charge in [0, 0.05) is 13.0 Å². The van der Waals surface area contributed by atoms with E-state index in [0.717, 1.165) is 37.4 Å². The first-order valence-corrected chi connectivity index (χ1v) is 6.73. The maximum absolute atomic E-state index is 8.51. The van der Waals surface area contributed by atoms with Crippen LogP contribution in [0.25, 0.3) is 0 Å². The number of hydrogen-bond donors (Lipinski definition) is 0. The third-order valence-electron chi connectivity index (χ3n) is 3.22. The van der Waals surface area contributed by atoms with Gasteiger partial charge in [-0.2, -0.15) is 5.26 Å². The molecule has 0 aromatic heterocycles. The average molecular weight is 260 g/mol. The zero-order valence-corrected chi connectivity index (χ0v) is 11.4. The van der Waals surface area contributed by atoms with Crippen LogP contribution in [0.15, 0.2) is 18.2 Å². The third kappa shape index (κ3) is 4.15. The Morgan fingerprint density at radius 1 is 1.21 bits per heavy atom. The summed E-state index contributed by atoms with van der Waals surface area (Å²) in [5.74, 6) is 1.70. The van der Waals surface area contributed by atoms with Gasteiger partial charge >= 0.3 is 0 Å². The summed E-state index contributed by atoms with van der Waals surface area (Å²) in [7, 11) is 2.09. The van der Waals surface area contributed by atoms with Crippen LogP contribution in [0, 0.1) is 11.3 Å². The first-order valence-electron chi connectivity index (χ1n) is 6.73. The molecule has 0 fully saturated rings. The van der Waals surface area contributed by atoms with Crippen LogP contribution in [0.2, 0.25) is 0 Å². The van der Waals surface area contributed by atoms with Crippen molar-refractivity contribution in [2.45, 2.75) is 19.3 Å². The molecule has 0 unspecified atom stereocenters. The second kappa shape index (κ2) is 7.01. The van der Waals surface area contributed by atoms with Crippen LogP contribution < -0.4 is 9.47 Å². The van der Waals surface area contributed by atoms with Crippen molar-refractivity contribution in [3.05, 3.63) is 23.8 Å². The van der Waals surface area contributed by atoms with E-state index in [0.29, 0.717) is 19.6 Å². The lowest BCUT2D eigenvalue weighted by Crippen LogP contribution is -2.22. The number of ether oxygens (including phenoxy) is 2. The first kappa shape index (κ1) is 13.7. The Labute approximate surface area is 114 Å². The number of nitriles is 1. The molecular weight excluding hydrogens is 240 g/mol. The Morgan fingerprint density at radius 3 is 2.79 bits per heavy atom. The number of nitrogens with zero attached hydrogens (tertiary/aromatic N) is 2. The van der Waals surface area contributed by atoms with E-state index in [1.54, 1.807) is 0 Å². The predicted octanol–water partition coefficient (Wildman–Crippen LogP) is 2.24. The van der Waals surface area contributed by atoms with Crippen LogP contribution in [-0.2, 0) is 6.42 Å². The minimum absolute atomic E-state index is 0.629. The normalized spacial score (nSPS) is 13.3. The number of unbranched alkanes of at least 4 members (excludes halogenated alkanes) is 1. The SMILES string of the molecule is CN(CCCC#N)CCc1ccc2c(c1)OCCO2. The lowest BCUT2D eigenvalue weighted by Gasteiger charge is -2.20. The highest BCUT2D eigenvalue weighted by molar-refractivity contribution is 5.43. The molecule has 102 valence electrons. The third-order valence-corrected chi connectivity index (χ3v) is 3.22. The van der Waals surface area contributed by atoms with E-state index < -0.39 is 0 Å². The minimum atomic E-state index is 0.629. The van der Waals surface area contributed by atoms with E-state index in [9.17, 15) is 0 Å². The molecule has 0 radical (unpaired) electrons. The van der Waals surface area contributed by atoms with Crippen molar-refractivity contribution in [1.82, 2.24) is 4.90 Å². The number of benzene rings is 1. The van der Waals surface area contributed by atoms with Crippen LogP contribution >= 0.6 is 0 Å². The fourth-order valence-electron chi connectivity index (χ4n) is 2.10. The van der Waals surface area contributed by atoms with Gasteiger partial charge in [0.25, 0.3) is 0 Å². The van der Waals surface area contributed by atoms with Gasteiger partial charge in [-0.05, 0) is 44.1 Å². The molecule has 1 aliphatic rings. The molecule has 0 atom stereocenters. The van der Waals surface area contributed by atoms with Crippen LogP contribution in [0.4, 0.5) is 0 Å². The molecule has 4 nitrogen and oxygen atoms in total. The molecule has 0 saturated carbocycles. The lowest BCUT2D eigenvalue weighted by molar-refractivity contribution is 0.171. The van der Waals surface area contributed by atoms with E-state index in [-0.39, 0.29) is 0 Å². The highest BCUT2D eigenvalue weighted by Gasteiger charge is 2.11. The molecule has 0 aliphatic carbocycles. The van der Waals surface area contributed by atoms with E-state index in [4.69, 9.17) is 14.7 Å². The Kier molecular flexibility index (Phi) is 5.05. The van der Waals surface area contributed by atoms with E-state index >= 15 is 0 Å².